The molecule has 1 aliphatic heterocycles. The fraction of sp³-hybridized carbons (Fsp3) is 0.455. The maximum Gasteiger partial charge on any atom is 0.328 e. The Kier molecular flexibility index (Phi) is 3.56. The first-order chi connectivity index (χ1) is 7.77. The largest absolute Gasteiger partial charge is 0.480 e. The fourth-order valence-corrected chi connectivity index (χ4v) is 2.38. The number of carbonyl (C=O) groups is 1. The number of hydrogen-bond donors (Lipinski definition) is 1. The lowest BCUT2D eigenvalue weighted by molar-refractivity contribution is -0.144. The van der Waals surface area contributed by atoms with E-state index in [1.807, 2.05) is 17.5 Å². The van der Waals surface area contributed by atoms with E-state index in [4.69, 9.17) is 5.11 Å². The zero-order chi connectivity index (χ0) is 11.4. The summed E-state index contributed by atoms with van der Waals surface area (Å²) in [6, 6.07) is 3.47. The van der Waals surface area contributed by atoms with Gasteiger partial charge in [0.05, 0.1) is 6.21 Å². The topological polar surface area (TPSA) is 52.9 Å². The molecule has 4 nitrogen and oxygen atoms in total. The Bertz CT molecular complexity index is 375. The predicted molar refractivity (Wildman–Crippen MR) is 63.9 cm³/mol. The Morgan fingerprint density at radius 3 is 3.19 bits per heavy atom. The van der Waals surface area contributed by atoms with Gasteiger partial charge in [0, 0.05) is 11.4 Å². The molecule has 1 atom stereocenters. The molecule has 2 heterocycles. The molecular weight excluding hydrogens is 224 g/mol. The average Bonchev–Trinajstić information content (AvgIpc) is 2.79. The minimum absolute atomic E-state index is 0.454. The molecule has 2 rings (SSSR count). The van der Waals surface area contributed by atoms with Gasteiger partial charge in [0.2, 0.25) is 0 Å². The van der Waals surface area contributed by atoms with Crippen molar-refractivity contribution in [1.29, 1.82) is 0 Å². The molecule has 5 heteroatoms. The summed E-state index contributed by atoms with van der Waals surface area (Å²) < 4.78 is 0. The van der Waals surface area contributed by atoms with Gasteiger partial charge in [0.15, 0.2) is 0 Å². The molecule has 1 fully saturated rings. The number of hydrogen-bond acceptors (Lipinski definition) is 4. The molecule has 1 N–H and O–H groups in total. The van der Waals surface area contributed by atoms with Gasteiger partial charge in [-0.3, -0.25) is 5.01 Å². The van der Waals surface area contributed by atoms with E-state index in [0.29, 0.717) is 6.42 Å². The molecule has 1 aromatic heterocycles. The lowest BCUT2D eigenvalue weighted by Gasteiger charge is -2.30. The lowest BCUT2D eigenvalue weighted by atomic mass is 10.0. The smallest absolute Gasteiger partial charge is 0.328 e. The Morgan fingerprint density at radius 2 is 2.50 bits per heavy atom. The summed E-state index contributed by atoms with van der Waals surface area (Å²) >= 11 is 1.60. The molecule has 86 valence electrons. The van der Waals surface area contributed by atoms with E-state index in [1.54, 1.807) is 22.6 Å². The summed E-state index contributed by atoms with van der Waals surface area (Å²) in [4.78, 5) is 12.1. The zero-order valence-electron chi connectivity index (χ0n) is 8.87. The highest BCUT2D eigenvalue weighted by Crippen LogP contribution is 2.17. The highest BCUT2D eigenvalue weighted by Gasteiger charge is 2.26. The maximum absolute atomic E-state index is 11.0. The number of hydrazone groups is 1. The summed E-state index contributed by atoms with van der Waals surface area (Å²) in [6.07, 6.45) is 4.43. The van der Waals surface area contributed by atoms with E-state index in [0.717, 1.165) is 24.3 Å². The van der Waals surface area contributed by atoms with Gasteiger partial charge < -0.3 is 5.11 Å². The van der Waals surface area contributed by atoms with E-state index < -0.39 is 12.0 Å². The van der Waals surface area contributed by atoms with Crippen LogP contribution in [0.5, 0.6) is 0 Å². The molecule has 1 aromatic rings. The van der Waals surface area contributed by atoms with E-state index in [-0.39, 0.29) is 0 Å². The molecule has 0 aromatic carbocycles. The van der Waals surface area contributed by atoms with Crippen molar-refractivity contribution >= 4 is 23.5 Å². The number of rotatable bonds is 3. The SMILES string of the molecule is O=C(O)C1CCCCN1/N=C/c1cccs1. The Balaban J connectivity index is 2.04. The normalized spacial score (nSPS) is 21.5. The highest BCUT2D eigenvalue weighted by atomic mass is 32.1. The van der Waals surface area contributed by atoms with Crippen molar-refractivity contribution in [1.82, 2.24) is 5.01 Å². The first-order valence-corrected chi connectivity index (χ1v) is 6.22. The van der Waals surface area contributed by atoms with Gasteiger partial charge in [-0.05, 0) is 30.7 Å². The fourth-order valence-electron chi connectivity index (χ4n) is 1.80. The van der Waals surface area contributed by atoms with Crippen molar-refractivity contribution in [3.05, 3.63) is 22.4 Å². The quantitative estimate of drug-likeness (QED) is 0.820. The molecule has 0 aliphatic carbocycles. The van der Waals surface area contributed by atoms with Crippen molar-refractivity contribution in [2.24, 2.45) is 5.10 Å². The number of aliphatic carboxylic acids is 1. The van der Waals surface area contributed by atoms with Crippen molar-refractivity contribution < 1.29 is 9.90 Å². The Labute approximate surface area is 98.2 Å². The first-order valence-electron chi connectivity index (χ1n) is 5.34. The van der Waals surface area contributed by atoms with Crippen molar-refractivity contribution in [3.63, 3.8) is 0 Å². The second-order valence-corrected chi connectivity index (χ2v) is 4.75. The Hall–Kier alpha value is -1.36. The van der Waals surface area contributed by atoms with Crippen LogP contribution in [-0.4, -0.2) is 34.9 Å². The van der Waals surface area contributed by atoms with Gasteiger partial charge in [0.1, 0.15) is 6.04 Å². The number of piperidine rings is 1. The molecule has 0 radical (unpaired) electrons. The number of carboxylic acids is 1. The van der Waals surface area contributed by atoms with Crippen molar-refractivity contribution in [3.8, 4) is 0 Å². The number of carboxylic acid groups (broad SMARTS) is 1. The predicted octanol–water partition coefficient (Wildman–Crippen LogP) is 2.02. The van der Waals surface area contributed by atoms with Crippen LogP contribution in [0.4, 0.5) is 0 Å². The van der Waals surface area contributed by atoms with E-state index in [1.165, 1.54) is 0 Å². The van der Waals surface area contributed by atoms with Crippen LogP contribution in [0, 0.1) is 0 Å². The standard InChI is InChI=1S/C11H14N2O2S/c14-11(15)10-5-1-2-6-13(10)12-8-9-4-3-7-16-9/h3-4,7-8,10H,1-2,5-6H2,(H,14,15)/b12-8+. The molecule has 0 saturated carbocycles. The highest BCUT2D eigenvalue weighted by molar-refractivity contribution is 7.11. The van der Waals surface area contributed by atoms with Gasteiger partial charge in [-0.2, -0.15) is 5.10 Å². The van der Waals surface area contributed by atoms with E-state index in [2.05, 4.69) is 5.10 Å². The third-order valence-corrected chi connectivity index (χ3v) is 3.44. The van der Waals surface area contributed by atoms with Crippen LogP contribution in [0.1, 0.15) is 24.1 Å². The Morgan fingerprint density at radius 1 is 1.62 bits per heavy atom. The minimum atomic E-state index is -0.775. The summed E-state index contributed by atoms with van der Waals surface area (Å²) in [5.74, 6) is -0.775. The summed E-state index contributed by atoms with van der Waals surface area (Å²) in [6.45, 7) is 0.735. The van der Waals surface area contributed by atoms with Gasteiger partial charge in [-0.15, -0.1) is 11.3 Å². The van der Waals surface area contributed by atoms with Crippen molar-refractivity contribution in [2.75, 3.05) is 6.54 Å². The van der Waals surface area contributed by atoms with E-state index in [9.17, 15) is 4.79 Å². The molecular formula is C11H14N2O2S. The molecule has 1 aliphatic rings. The monoisotopic (exact) mass is 238 g/mol. The van der Waals surface area contributed by atoms with Crippen LogP contribution in [-0.2, 0) is 4.79 Å². The van der Waals surface area contributed by atoms with Crippen LogP contribution in [0.25, 0.3) is 0 Å². The van der Waals surface area contributed by atoms with Gasteiger partial charge in [-0.25, -0.2) is 4.79 Å². The number of nitrogens with zero attached hydrogens (tertiary/aromatic N) is 2. The molecule has 1 unspecified atom stereocenters. The number of thiophene rings is 1. The second-order valence-electron chi connectivity index (χ2n) is 3.77. The van der Waals surface area contributed by atoms with Crippen LogP contribution < -0.4 is 0 Å². The average molecular weight is 238 g/mol. The van der Waals surface area contributed by atoms with Crippen LogP contribution in [0.3, 0.4) is 0 Å². The molecule has 0 bridgehead atoms. The van der Waals surface area contributed by atoms with Crippen LogP contribution >= 0.6 is 11.3 Å². The summed E-state index contributed by atoms with van der Waals surface area (Å²) in [5.41, 5.74) is 0. The van der Waals surface area contributed by atoms with Crippen LogP contribution in [0.15, 0.2) is 22.6 Å². The first kappa shape index (κ1) is 11.1. The molecule has 0 spiro atoms. The summed E-state index contributed by atoms with van der Waals surface area (Å²) in [7, 11) is 0. The van der Waals surface area contributed by atoms with Gasteiger partial charge in [-0.1, -0.05) is 6.07 Å². The molecule has 16 heavy (non-hydrogen) atoms. The summed E-state index contributed by atoms with van der Waals surface area (Å²) in [5, 5.41) is 17.0. The molecule has 1 saturated heterocycles. The maximum atomic E-state index is 11.0. The third-order valence-electron chi connectivity index (χ3n) is 2.64. The zero-order valence-corrected chi connectivity index (χ0v) is 9.69. The van der Waals surface area contributed by atoms with Crippen LogP contribution in [0.2, 0.25) is 0 Å². The van der Waals surface area contributed by atoms with Gasteiger partial charge >= 0.3 is 5.97 Å². The molecule has 0 amide bonds. The second kappa shape index (κ2) is 5.12. The lowest BCUT2D eigenvalue weighted by Crippen LogP contribution is -2.41. The van der Waals surface area contributed by atoms with E-state index >= 15 is 0 Å². The third kappa shape index (κ3) is 2.61. The van der Waals surface area contributed by atoms with Gasteiger partial charge in [0.25, 0.3) is 0 Å². The minimum Gasteiger partial charge on any atom is -0.480 e. The van der Waals surface area contributed by atoms with Crippen molar-refractivity contribution in [2.45, 2.75) is 25.3 Å².